The highest BCUT2D eigenvalue weighted by molar-refractivity contribution is 8.26. The zero-order valence-electron chi connectivity index (χ0n) is 15.9. The molecule has 162 valence electrons. The maximum atomic E-state index is 13.0. The van der Waals surface area contributed by atoms with Crippen LogP contribution in [0.25, 0.3) is 6.08 Å². The monoisotopic (exact) mass is 468 g/mol. The molecule has 2 aromatic rings. The molecule has 0 spiro atoms. The third-order valence-electron chi connectivity index (χ3n) is 4.33. The minimum absolute atomic E-state index is 0.0831. The second-order valence-electron chi connectivity index (χ2n) is 6.58. The first-order valence-electron chi connectivity index (χ1n) is 9.12. The van der Waals surface area contributed by atoms with E-state index < -0.39 is 17.6 Å². The number of benzene rings is 2. The van der Waals surface area contributed by atoms with Gasteiger partial charge in [-0.1, -0.05) is 48.2 Å². The topological polar surface area (TPSA) is 49.4 Å². The summed E-state index contributed by atoms with van der Waals surface area (Å²) in [6.07, 6.45) is -2.85. The van der Waals surface area contributed by atoms with Crippen molar-refractivity contribution < 1.29 is 27.2 Å². The molecule has 31 heavy (non-hydrogen) atoms. The van der Waals surface area contributed by atoms with E-state index in [0.717, 1.165) is 17.8 Å². The molecule has 0 unspecified atom stereocenters. The van der Waals surface area contributed by atoms with E-state index >= 15 is 0 Å². The molecule has 3 rings (SSSR count). The quantitative estimate of drug-likeness (QED) is 0.347. The normalized spacial score (nSPS) is 15.6. The number of rotatable bonds is 6. The first-order valence-corrected chi connectivity index (χ1v) is 10.3. The summed E-state index contributed by atoms with van der Waals surface area (Å²) in [6.45, 7) is 0.153. The van der Waals surface area contributed by atoms with E-state index in [4.69, 9.17) is 12.2 Å². The molecule has 0 radical (unpaired) electrons. The molecular formula is C21H16F4N2O2S2. The fourth-order valence-corrected chi connectivity index (χ4v) is 4.16. The summed E-state index contributed by atoms with van der Waals surface area (Å²) in [4.78, 5) is 26.4. The number of nitrogens with one attached hydrogen (secondary N) is 1. The van der Waals surface area contributed by atoms with Crippen molar-refractivity contribution in [2.45, 2.75) is 19.0 Å². The van der Waals surface area contributed by atoms with Gasteiger partial charge in [0.25, 0.3) is 5.91 Å². The molecule has 1 heterocycles. The van der Waals surface area contributed by atoms with Crippen LogP contribution in [0.3, 0.4) is 0 Å². The summed E-state index contributed by atoms with van der Waals surface area (Å²) < 4.78 is 52.4. The molecule has 0 atom stereocenters. The highest BCUT2D eigenvalue weighted by Crippen LogP contribution is 2.35. The molecule has 0 saturated carbocycles. The Kier molecular flexibility index (Phi) is 7.11. The third-order valence-corrected chi connectivity index (χ3v) is 5.71. The molecule has 1 aliphatic rings. The lowest BCUT2D eigenvalue weighted by Gasteiger charge is -2.15. The van der Waals surface area contributed by atoms with Gasteiger partial charge in [-0.05, 0) is 42.3 Å². The Morgan fingerprint density at radius 1 is 1.13 bits per heavy atom. The number of nitrogens with zero attached hydrogens (tertiary/aromatic N) is 1. The Hall–Kier alpha value is -2.72. The van der Waals surface area contributed by atoms with Gasteiger partial charge in [-0.2, -0.15) is 13.2 Å². The van der Waals surface area contributed by atoms with Gasteiger partial charge < -0.3 is 5.32 Å². The largest absolute Gasteiger partial charge is 0.418 e. The lowest BCUT2D eigenvalue weighted by molar-refractivity contribution is -0.137. The highest BCUT2D eigenvalue weighted by Gasteiger charge is 2.34. The molecule has 1 fully saturated rings. The van der Waals surface area contributed by atoms with Crippen LogP contribution in [-0.4, -0.2) is 27.6 Å². The van der Waals surface area contributed by atoms with Crippen LogP contribution in [0.5, 0.6) is 0 Å². The number of carbonyl (C=O) groups is 2. The minimum Gasteiger partial charge on any atom is -0.326 e. The van der Waals surface area contributed by atoms with E-state index in [1.807, 2.05) is 0 Å². The molecule has 0 bridgehead atoms. The number of hydrogen-bond donors (Lipinski definition) is 1. The van der Waals surface area contributed by atoms with Gasteiger partial charge in [0, 0.05) is 13.0 Å². The van der Waals surface area contributed by atoms with Crippen molar-refractivity contribution in [1.82, 2.24) is 4.90 Å². The van der Waals surface area contributed by atoms with Gasteiger partial charge in [-0.25, -0.2) is 4.39 Å². The van der Waals surface area contributed by atoms with Crippen molar-refractivity contribution >= 4 is 51.9 Å². The summed E-state index contributed by atoms with van der Waals surface area (Å²) in [7, 11) is 0. The van der Waals surface area contributed by atoms with Crippen LogP contribution in [0.4, 0.5) is 23.2 Å². The van der Waals surface area contributed by atoms with Crippen LogP contribution < -0.4 is 5.32 Å². The number of para-hydroxylation sites is 1. The molecule has 0 aliphatic carbocycles. The second-order valence-corrected chi connectivity index (χ2v) is 8.26. The van der Waals surface area contributed by atoms with Crippen molar-refractivity contribution in [3.05, 3.63) is 70.4 Å². The molecular weight excluding hydrogens is 452 g/mol. The first kappa shape index (κ1) is 23.0. The molecule has 0 aromatic heterocycles. The molecule has 2 aromatic carbocycles. The molecule has 10 heteroatoms. The fourth-order valence-electron chi connectivity index (χ4n) is 2.85. The lowest BCUT2D eigenvalue weighted by Crippen LogP contribution is -2.29. The van der Waals surface area contributed by atoms with Gasteiger partial charge in [0.1, 0.15) is 10.1 Å². The van der Waals surface area contributed by atoms with Crippen LogP contribution in [0.15, 0.2) is 53.4 Å². The number of hydrogen-bond acceptors (Lipinski definition) is 4. The third kappa shape index (κ3) is 5.92. The summed E-state index contributed by atoms with van der Waals surface area (Å²) in [5.41, 5.74) is -0.594. The Bertz CT molecular complexity index is 1040. The summed E-state index contributed by atoms with van der Waals surface area (Å²) in [6, 6.07) is 10.3. The first-order chi connectivity index (χ1) is 14.6. The molecule has 4 nitrogen and oxygen atoms in total. The summed E-state index contributed by atoms with van der Waals surface area (Å²) in [5.74, 6) is -1.31. The zero-order valence-corrected chi connectivity index (χ0v) is 17.5. The maximum absolute atomic E-state index is 13.0. The summed E-state index contributed by atoms with van der Waals surface area (Å²) >= 11 is 6.31. The number of halogens is 4. The van der Waals surface area contributed by atoms with E-state index in [9.17, 15) is 27.2 Å². The van der Waals surface area contributed by atoms with Gasteiger partial charge in [-0.3, -0.25) is 14.5 Å². The van der Waals surface area contributed by atoms with E-state index in [1.54, 1.807) is 6.08 Å². The van der Waals surface area contributed by atoms with Gasteiger partial charge in [0.2, 0.25) is 5.91 Å². The SMILES string of the molecule is O=C(CCCN1C(=O)/C(=C/c2ccc(F)cc2)SC1=S)Nc1ccccc1C(F)(F)F. The molecule has 1 aliphatic heterocycles. The molecule has 1 N–H and O–H groups in total. The number of thioether (sulfide) groups is 1. The van der Waals surface area contributed by atoms with E-state index in [-0.39, 0.29) is 36.8 Å². The predicted molar refractivity (Wildman–Crippen MR) is 116 cm³/mol. The number of anilines is 1. The average Bonchev–Trinajstić information content (AvgIpc) is 2.96. The Labute approximate surface area is 185 Å². The smallest absolute Gasteiger partial charge is 0.326 e. The van der Waals surface area contributed by atoms with Crippen molar-refractivity contribution in [1.29, 1.82) is 0 Å². The van der Waals surface area contributed by atoms with E-state index in [2.05, 4.69) is 5.32 Å². The van der Waals surface area contributed by atoms with Crippen LogP contribution in [0.1, 0.15) is 24.0 Å². The fraction of sp³-hybridized carbons (Fsp3) is 0.190. The van der Waals surface area contributed by atoms with Gasteiger partial charge in [0.05, 0.1) is 16.2 Å². The maximum Gasteiger partial charge on any atom is 0.418 e. The Balaban J connectivity index is 1.56. The summed E-state index contributed by atoms with van der Waals surface area (Å²) in [5, 5.41) is 2.27. The Morgan fingerprint density at radius 3 is 2.48 bits per heavy atom. The zero-order chi connectivity index (χ0) is 22.6. The number of alkyl halides is 3. The predicted octanol–water partition coefficient (Wildman–Crippen LogP) is 5.46. The Morgan fingerprint density at radius 2 is 1.81 bits per heavy atom. The molecule has 1 saturated heterocycles. The average molecular weight is 468 g/mol. The van der Waals surface area contributed by atoms with Crippen LogP contribution in [-0.2, 0) is 15.8 Å². The molecule has 2 amide bonds. The van der Waals surface area contributed by atoms with Crippen molar-refractivity contribution in [3.63, 3.8) is 0 Å². The minimum atomic E-state index is -4.58. The lowest BCUT2D eigenvalue weighted by atomic mass is 10.1. The van der Waals surface area contributed by atoms with E-state index in [0.29, 0.717) is 14.8 Å². The van der Waals surface area contributed by atoms with Crippen LogP contribution >= 0.6 is 24.0 Å². The van der Waals surface area contributed by atoms with Gasteiger partial charge in [0.15, 0.2) is 0 Å². The van der Waals surface area contributed by atoms with Gasteiger partial charge in [-0.15, -0.1) is 0 Å². The van der Waals surface area contributed by atoms with E-state index in [1.165, 1.54) is 47.4 Å². The van der Waals surface area contributed by atoms with Crippen molar-refractivity contribution in [2.24, 2.45) is 0 Å². The number of amides is 2. The van der Waals surface area contributed by atoms with Crippen LogP contribution in [0, 0.1) is 5.82 Å². The van der Waals surface area contributed by atoms with Crippen molar-refractivity contribution in [3.8, 4) is 0 Å². The standard InChI is InChI=1S/C21H16F4N2O2S2/c22-14-9-7-13(8-10-14)12-17-19(29)27(20(30)31-17)11-3-6-18(28)26-16-5-2-1-4-15(16)21(23,24)25/h1-2,4-5,7-10,12H,3,6,11H2,(H,26,28)/b17-12-. The second kappa shape index (κ2) is 9.61. The highest BCUT2D eigenvalue weighted by atomic mass is 32.2. The number of carbonyl (C=O) groups excluding carboxylic acids is 2. The van der Waals surface area contributed by atoms with Crippen LogP contribution in [0.2, 0.25) is 0 Å². The van der Waals surface area contributed by atoms with Crippen molar-refractivity contribution in [2.75, 3.05) is 11.9 Å². The van der Waals surface area contributed by atoms with Gasteiger partial charge >= 0.3 is 6.18 Å². The number of thiocarbonyl (C=S) groups is 1.